The molecule has 2 fully saturated rings. The minimum Gasteiger partial charge on any atom is -0.475 e. The third-order valence-corrected chi connectivity index (χ3v) is 6.15. The predicted molar refractivity (Wildman–Crippen MR) is 116 cm³/mol. The normalized spacial score (nSPS) is 20.7. The number of nitrogens with zero attached hydrogens (tertiary/aromatic N) is 1. The van der Waals surface area contributed by atoms with Gasteiger partial charge in [-0.25, -0.2) is 4.79 Å². The summed E-state index contributed by atoms with van der Waals surface area (Å²) < 4.78 is 31.7. The van der Waals surface area contributed by atoms with Gasteiger partial charge < -0.3 is 20.6 Å². The van der Waals surface area contributed by atoms with Crippen molar-refractivity contribution in [3.63, 3.8) is 0 Å². The average Bonchev–Trinajstić information content (AvgIpc) is 3.11. The second-order valence-electron chi connectivity index (χ2n) is 8.47. The summed E-state index contributed by atoms with van der Waals surface area (Å²) in [7, 11) is 0. The number of carbonyl (C=O) groups is 3. The molecule has 33 heavy (non-hydrogen) atoms. The van der Waals surface area contributed by atoms with Crippen LogP contribution in [0.25, 0.3) is 0 Å². The smallest absolute Gasteiger partial charge is 0.475 e. The monoisotopic (exact) mass is 467 g/mol. The molecule has 1 aromatic rings. The fraction of sp³-hybridized carbons (Fsp3) is 0.522. The number of aliphatic carboxylic acids is 1. The van der Waals surface area contributed by atoms with E-state index in [1.807, 2.05) is 29.2 Å². The molecule has 0 unspecified atom stereocenters. The first-order valence-electron chi connectivity index (χ1n) is 11.1. The van der Waals surface area contributed by atoms with Gasteiger partial charge in [-0.05, 0) is 43.4 Å². The Kier molecular flexibility index (Phi) is 8.12. The van der Waals surface area contributed by atoms with Gasteiger partial charge in [0, 0.05) is 24.4 Å². The van der Waals surface area contributed by atoms with E-state index in [4.69, 9.17) is 9.90 Å². The van der Waals surface area contributed by atoms with Crippen molar-refractivity contribution in [1.29, 1.82) is 0 Å². The van der Waals surface area contributed by atoms with Crippen LogP contribution >= 0.6 is 0 Å². The van der Waals surface area contributed by atoms with E-state index < -0.39 is 12.1 Å². The summed E-state index contributed by atoms with van der Waals surface area (Å²) in [6, 6.07) is 7.95. The molecule has 0 radical (unpaired) electrons. The zero-order chi connectivity index (χ0) is 24.0. The van der Waals surface area contributed by atoms with Gasteiger partial charge in [0.1, 0.15) is 0 Å². The summed E-state index contributed by atoms with van der Waals surface area (Å²) in [5.41, 5.74) is 2.24. The largest absolute Gasteiger partial charge is 0.490 e. The minimum absolute atomic E-state index is 0.00424. The Morgan fingerprint density at radius 3 is 2.42 bits per heavy atom. The van der Waals surface area contributed by atoms with Crippen molar-refractivity contribution in [2.24, 2.45) is 5.92 Å². The summed E-state index contributed by atoms with van der Waals surface area (Å²) in [5, 5.41) is 13.4. The lowest BCUT2D eigenvalue weighted by Gasteiger charge is -2.32. The molecule has 1 aliphatic carbocycles. The number of carbonyl (C=O) groups excluding carboxylic acids is 2. The Labute approximate surface area is 190 Å². The molecular weight excluding hydrogens is 439 g/mol. The van der Waals surface area contributed by atoms with Crippen LogP contribution in [0, 0.1) is 5.92 Å². The molecule has 180 valence electrons. The fourth-order valence-corrected chi connectivity index (χ4v) is 3.92. The quantitative estimate of drug-likeness (QED) is 0.559. The van der Waals surface area contributed by atoms with Gasteiger partial charge in [0.05, 0.1) is 6.04 Å². The lowest BCUT2D eigenvalue weighted by molar-refractivity contribution is -0.192. The van der Waals surface area contributed by atoms with Crippen molar-refractivity contribution in [1.82, 2.24) is 10.6 Å². The van der Waals surface area contributed by atoms with E-state index in [0.717, 1.165) is 38.0 Å². The molecule has 0 spiro atoms. The molecule has 0 aromatic heterocycles. The van der Waals surface area contributed by atoms with Gasteiger partial charge in [0.15, 0.2) is 0 Å². The van der Waals surface area contributed by atoms with Crippen LogP contribution in [-0.4, -0.2) is 54.2 Å². The Bertz CT molecular complexity index is 895. The zero-order valence-electron chi connectivity index (χ0n) is 18.1. The third-order valence-electron chi connectivity index (χ3n) is 6.15. The lowest BCUT2D eigenvalue weighted by Crippen LogP contribution is -2.55. The lowest BCUT2D eigenvalue weighted by atomic mass is 9.80. The molecular formula is C23H28F3N3O4. The number of para-hydroxylation sites is 1. The van der Waals surface area contributed by atoms with E-state index in [1.165, 1.54) is 24.8 Å². The van der Waals surface area contributed by atoms with Crippen LogP contribution in [0.2, 0.25) is 0 Å². The van der Waals surface area contributed by atoms with Crippen LogP contribution in [0.15, 0.2) is 36.4 Å². The van der Waals surface area contributed by atoms with Gasteiger partial charge >= 0.3 is 12.1 Å². The van der Waals surface area contributed by atoms with Crippen molar-refractivity contribution >= 4 is 23.5 Å². The summed E-state index contributed by atoms with van der Waals surface area (Å²) in [4.78, 5) is 35.7. The number of benzene rings is 1. The van der Waals surface area contributed by atoms with E-state index in [1.54, 1.807) is 6.08 Å². The highest BCUT2D eigenvalue weighted by molar-refractivity contribution is 6.03. The van der Waals surface area contributed by atoms with Crippen molar-refractivity contribution in [2.75, 3.05) is 18.0 Å². The second-order valence-corrected chi connectivity index (χ2v) is 8.47. The number of rotatable bonds is 6. The standard InChI is InChI=1S/C21H27N3O2.C2HF3O2/c25-20(24-13-11-16-6-1-2-7-19(16)24)9-8-17(14-15-4-3-5-15)23-21(26)18-10-12-22-18;3-2(4,5)1(6)7/h1-2,6-9,15,17-18,22H,3-5,10-14H2,(H,23,26);(H,6,7)/t17-,18+;/m1./s1. The van der Waals surface area contributed by atoms with Gasteiger partial charge in [-0.15, -0.1) is 0 Å². The molecule has 10 heteroatoms. The van der Waals surface area contributed by atoms with Crippen LogP contribution in [-0.2, 0) is 20.8 Å². The van der Waals surface area contributed by atoms with Crippen molar-refractivity contribution in [2.45, 2.75) is 56.8 Å². The number of halogens is 3. The summed E-state index contributed by atoms with van der Waals surface area (Å²) in [6.07, 6.45) is 4.95. The highest BCUT2D eigenvalue weighted by Gasteiger charge is 2.38. The highest BCUT2D eigenvalue weighted by Crippen LogP contribution is 2.31. The summed E-state index contributed by atoms with van der Waals surface area (Å²) in [6.45, 7) is 1.64. The van der Waals surface area contributed by atoms with E-state index in [2.05, 4.69) is 16.7 Å². The van der Waals surface area contributed by atoms with E-state index in [9.17, 15) is 22.8 Å². The Balaban J connectivity index is 0.000000383. The molecule has 1 saturated carbocycles. The van der Waals surface area contributed by atoms with E-state index >= 15 is 0 Å². The number of nitrogens with one attached hydrogen (secondary N) is 2. The van der Waals surface area contributed by atoms with Crippen molar-refractivity contribution in [3.8, 4) is 0 Å². The predicted octanol–water partition coefficient (Wildman–Crippen LogP) is 2.80. The van der Waals surface area contributed by atoms with Crippen LogP contribution in [0.4, 0.5) is 18.9 Å². The van der Waals surface area contributed by atoms with Gasteiger partial charge in [-0.1, -0.05) is 43.5 Å². The Morgan fingerprint density at radius 2 is 1.88 bits per heavy atom. The van der Waals surface area contributed by atoms with Crippen LogP contribution < -0.4 is 15.5 Å². The number of amides is 2. The molecule has 2 heterocycles. The maximum atomic E-state index is 12.7. The summed E-state index contributed by atoms with van der Waals surface area (Å²) in [5.74, 6) is -2.02. The topological polar surface area (TPSA) is 98.7 Å². The van der Waals surface area contributed by atoms with Crippen LogP contribution in [0.1, 0.15) is 37.7 Å². The molecule has 1 saturated heterocycles. The number of anilines is 1. The number of carboxylic acids is 1. The van der Waals surface area contributed by atoms with Gasteiger partial charge in [-0.3, -0.25) is 9.59 Å². The van der Waals surface area contributed by atoms with Gasteiger partial charge in [0.25, 0.3) is 5.91 Å². The van der Waals surface area contributed by atoms with E-state index in [0.29, 0.717) is 5.92 Å². The highest BCUT2D eigenvalue weighted by atomic mass is 19.4. The molecule has 7 nitrogen and oxygen atoms in total. The summed E-state index contributed by atoms with van der Waals surface area (Å²) >= 11 is 0. The fourth-order valence-electron chi connectivity index (χ4n) is 3.92. The maximum absolute atomic E-state index is 12.7. The number of carboxylic acid groups (broad SMARTS) is 1. The first kappa shape index (κ1) is 24.8. The number of hydrogen-bond donors (Lipinski definition) is 3. The number of hydrogen-bond acceptors (Lipinski definition) is 4. The Hall–Kier alpha value is -2.88. The third kappa shape index (κ3) is 6.80. The average molecular weight is 467 g/mol. The molecule has 3 aliphatic rings. The van der Waals surface area contributed by atoms with Crippen LogP contribution in [0.5, 0.6) is 0 Å². The molecule has 0 bridgehead atoms. The van der Waals surface area contributed by atoms with Crippen LogP contribution in [0.3, 0.4) is 0 Å². The van der Waals surface area contributed by atoms with Crippen molar-refractivity contribution < 1.29 is 32.7 Å². The number of fused-ring (bicyclic) bond motifs is 1. The minimum atomic E-state index is -5.08. The Morgan fingerprint density at radius 1 is 1.21 bits per heavy atom. The van der Waals surface area contributed by atoms with E-state index in [-0.39, 0.29) is 23.9 Å². The SMILES string of the molecule is O=C(N[C@H](C=CC(=O)N1CCc2ccccc21)CC1CCC1)[C@@H]1CCN1.O=C(O)C(F)(F)F. The number of alkyl halides is 3. The zero-order valence-corrected chi connectivity index (χ0v) is 18.1. The molecule has 2 atom stereocenters. The first-order valence-corrected chi connectivity index (χ1v) is 11.1. The molecule has 4 rings (SSSR count). The molecule has 2 aliphatic heterocycles. The molecule has 2 amide bonds. The molecule has 3 N–H and O–H groups in total. The maximum Gasteiger partial charge on any atom is 0.490 e. The van der Waals surface area contributed by atoms with Gasteiger partial charge in [0.2, 0.25) is 5.91 Å². The molecule has 1 aromatic carbocycles. The first-order chi connectivity index (χ1) is 15.6. The second kappa shape index (κ2) is 10.8. The van der Waals surface area contributed by atoms with Crippen molar-refractivity contribution in [3.05, 3.63) is 42.0 Å². The van der Waals surface area contributed by atoms with Gasteiger partial charge in [-0.2, -0.15) is 13.2 Å².